The van der Waals surface area contributed by atoms with Gasteiger partial charge >= 0.3 is 5.97 Å². The Balaban J connectivity index is 2.07. The summed E-state index contributed by atoms with van der Waals surface area (Å²) < 4.78 is 0. The third kappa shape index (κ3) is 4.94. The predicted molar refractivity (Wildman–Crippen MR) is 73.9 cm³/mol. The number of likely N-dealkylation sites (N-methyl/N-ethyl adjacent to an activating group) is 1. The van der Waals surface area contributed by atoms with E-state index in [9.17, 15) is 4.79 Å². The molecule has 4 nitrogen and oxygen atoms in total. The van der Waals surface area contributed by atoms with Crippen LogP contribution in [0.15, 0.2) is 0 Å². The van der Waals surface area contributed by atoms with Gasteiger partial charge < -0.3 is 15.3 Å². The molecule has 0 radical (unpaired) electrons. The summed E-state index contributed by atoms with van der Waals surface area (Å²) in [6.07, 6.45) is 8.48. The van der Waals surface area contributed by atoms with Gasteiger partial charge in [-0.15, -0.1) is 0 Å². The lowest BCUT2D eigenvalue weighted by Gasteiger charge is -2.36. The molecule has 4 heteroatoms. The second-order valence-corrected chi connectivity index (χ2v) is 5.71. The van der Waals surface area contributed by atoms with Crippen molar-refractivity contribution in [3.8, 4) is 0 Å². The second kappa shape index (κ2) is 7.74. The van der Waals surface area contributed by atoms with Crippen LogP contribution in [-0.2, 0) is 4.79 Å². The maximum absolute atomic E-state index is 10.4. The quantitative estimate of drug-likeness (QED) is 0.620. The van der Waals surface area contributed by atoms with Gasteiger partial charge in [0.1, 0.15) is 0 Å². The lowest BCUT2D eigenvalue weighted by Crippen LogP contribution is -2.49. The normalized spacial score (nSPS) is 18.4. The molecule has 0 bridgehead atoms. The molecule has 1 fully saturated rings. The number of hydrogen-bond acceptors (Lipinski definition) is 3. The summed E-state index contributed by atoms with van der Waals surface area (Å²) in [7, 11) is 4.36. The molecule has 0 saturated heterocycles. The fourth-order valence-electron chi connectivity index (χ4n) is 2.84. The number of aliphatic carboxylic acids is 1. The lowest BCUT2D eigenvalue weighted by atomic mass is 9.96. The first kappa shape index (κ1) is 15.4. The SMILES string of the molecule is CN(C)C1(CNCCCCCC(=O)O)CCCC1. The van der Waals surface area contributed by atoms with Gasteiger partial charge in [-0.05, 0) is 46.3 Å². The fourth-order valence-corrected chi connectivity index (χ4v) is 2.84. The van der Waals surface area contributed by atoms with Gasteiger partial charge in [-0.3, -0.25) is 4.79 Å². The number of carboxylic acid groups (broad SMARTS) is 1. The zero-order chi connectivity index (χ0) is 13.4. The van der Waals surface area contributed by atoms with Crippen LogP contribution < -0.4 is 5.32 Å². The lowest BCUT2D eigenvalue weighted by molar-refractivity contribution is -0.137. The zero-order valence-corrected chi connectivity index (χ0v) is 11.9. The molecule has 1 aliphatic carbocycles. The van der Waals surface area contributed by atoms with Crippen LogP contribution in [0.5, 0.6) is 0 Å². The van der Waals surface area contributed by atoms with Crippen molar-refractivity contribution in [3.05, 3.63) is 0 Å². The molecule has 106 valence electrons. The van der Waals surface area contributed by atoms with Crippen molar-refractivity contribution >= 4 is 5.97 Å². The van der Waals surface area contributed by atoms with Gasteiger partial charge in [-0.1, -0.05) is 19.3 Å². The van der Waals surface area contributed by atoms with E-state index in [0.717, 1.165) is 32.4 Å². The molecule has 0 amide bonds. The minimum atomic E-state index is -0.680. The van der Waals surface area contributed by atoms with Gasteiger partial charge in [0.05, 0.1) is 0 Å². The first-order valence-corrected chi connectivity index (χ1v) is 7.17. The number of carbonyl (C=O) groups is 1. The number of rotatable bonds is 9. The van der Waals surface area contributed by atoms with Gasteiger partial charge in [0.25, 0.3) is 0 Å². The van der Waals surface area contributed by atoms with Crippen LogP contribution in [0.4, 0.5) is 0 Å². The Labute approximate surface area is 111 Å². The highest BCUT2D eigenvalue weighted by atomic mass is 16.4. The summed E-state index contributed by atoms with van der Waals surface area (Å²) in [5.41, 5.74) is 0.362. The minimum absolute atomic E-state index is 0.307. The van der Waals surface area contributed by atoms with E-state index in [2.05, 4.69) is 24.3 Å². The van der Waals surface area contributed by atoms with Crippen LogP contribution in [0.3, 0.4) is 0 Å². The Bertz CT molecular complexity index is 248. The Morgan fingerprint density at radius 3 is 2.44 bits per heavy atom. The van der Waals surface area contributed by atoms with Crippen LogP contribution in [-0.4, -0.2) is 48.7 Å². The molecule has 1 saturated carbocycles. The van der Waals surface area contributed by atoms with E-state index < -0.39 is 5.97 Å². The maximum atomic E-state index is 10.4. The largest absolute Gasteiger partial charge is 0.481 e. The smallest absolute Gasteiger partial charge is 0.303 e. The van der Waals surface area contributed by atoms with E-state index in [1.54, 1.807) is 0 Å². The third-order valence-electron chi connectivity index (χ3n) is 4.18. The van der Waals surface area contributed by atoms with E-state index in [4.69, 9.17) is 5.11 Å². The molecule has 1 rings (SSSR count). The third-order valence-corrected chi connectivity index (χ3v) is 4.18. The number of nitrogens with zero attached hydrogens (tertiary/aromatic N) is 1. The average molecular weight is 256 g/mol. The molecule has 0 unspecified atom stereocenters. The van der Waals surface area contributed by atoms with E-state index in [1.165, 1.54) is 25.7 Å². The molecule has 0 aromatic rings. The molecule has 0 aromatic carbocycles. The van der Waals surface area contributed by atoms with Crippen molar-refractivity contribution < 1.29 is 9.90 Å². The summed E-state index contributed by atoms with van der Waals surface area (Å²) in [4.78, 5) is 12.7. The van der Waals surface area contributed by atoms with Crippen molar-refractivity contribution in [1.82, 2.24) is 10.2 Å². The van der Waals surface area contributed by atoms with E-state index in [0.29, 0.717) is 12.0 Å². The van der Waals surface area contributed by atoms with Gasteiger partial charge in [-0.25, -0.2) is 0 Å². The number of nitrogens with one attached hydrogen (secondary N) is 1. The molecule has 0 aromatic heterocycles. The average Bonchev–Trinajstić information content (AvgIpc) is 2.77. The standard InChI is InChI=1S/C14H28N2O2/c1-16(2)14(9-5-6-10-14)12-15-11-7-3-4-8-13(17)18/h15H,3-12H2,1-2H3,(H,17,18). The Hall–Kier alpha value is -0.610. The summed E-state index contributed by atoms with van der Waals surface area (Å²) in [5, 5.41) is 12.1. The first-order chi connectivity index (χ1) is 8.57. The molecule has 1 aliphatic rings. The maximum Gasteiger partial charge on any atom is 0.303 e. The Kier molecular flexibility index (Phi) is 6.65. The topological polar surface area (TPSA) is 52.6 Å². The molecule has 0 aliphatic heterocycles. The summed E-state index contributed by atoms with van der Waals surface area (Å²) in [6.45, 7) is 2.08. The van der Waals surface area contributed by atoms with Crippen molar-refractivity contribution in [1.29, 1.82) is 0 Å². The number of unbranched alkanes of at least 4 members (excludes halogenated alkanes) is 2. The number of carboxylic acids is 1. The van der Waals surface area contributed by atoms with Crippen molar-refractivity contribution in [3.63, 3.8) is 0 Å². The Morgan fingerprint density at radius 1 is 1.22 bits per heavy atom. The van der Waals surface area contributed by atoms with Crippen LogP contribution in [0.25, 0.3) is 0 Å². The first-order valence-electron chi connectivity index (χ1n) is 7.17. The van der Waals surface area contributed by atoms with Gasteiger partial charge in [0.15, 0.2) is 0 Å². The molecule has 0 spiro atoms. The summed E-state index contributed by atoms with van der Waals surface area (Å²) in [5.74, 6) is -0.680. The molecule has 0 atom stereocenters. The van der Waals surface area contributed by atoms with Gasteiger partial charge in [0.2, 0.25) is 0 Å². The number of hydrogen-bond donors (Lipinski definition) is 2. The van der Waals surface area contributed by atoms with E-state index in [1.807, 2.05) is 0 Å². The van der Waals surface area contributed by atoms with Crippen LogP contribution in [0.2, 0.25) is 0 Å². The van der Waals surface area contributed by atoms with Crippen LogP contribution in [0.1, 0.15) is 51.4 Å². The second-order valence-electron chi connectivity index (χ2n) is 5.71. The van der Waals surface area contributed by atoms with Crippen molar-refractivity contribution in [2.75, 3.05) is 27.2 Å². The highest BCUT2D eigenvalue weighted by Gasteiger charge is 2.35. The molecular formula is C14H28N2O2. The van der Waals surface area contributed by atoms with Gasteiger partial charge in [-0.2, -0.15) is 0 Å². The minimum Gasteiger partial charge on any atom is -0.481 e. The van der Waals surface area contributed by atoms with Crippen LogP contribution >= 0.6 is 0 Å². The monoisotopic (exact) mass is 256 g/mol. The van der Waals surface area contributed by atoms with E-state index in [-0.39, 0.29) is 0 Å². The molecular weight excluding hydrogens is 228 g/mol. The fraction of sp³-hybridized carbons (Fsp3) is 0.929. The molecule has 0 heterocycles. The van der Waals surface area contributed by atoms with Crippen molar-refractivity contribution in [2.24, 2.45) is 0 Å². The highest BCUT2D eigenvalue weighted by molar-refractivity contribution is 5.66. The van der Waals surface area contributed by atoms with Crippen molar-refractivity contribution in [2.45, 2.75) is 56.9 Å². The zero-order valence-electron chi connectivity index (χ0n) is 11.9. The summed E-state index contributed by atoms with van der Waals surface area (Å²) >= 11 is 0. The summed E-state index contributed by atoms with van der Waals surface area (Å²) in [6, 6.07) is 0. The van der Waals surface area contributed by atoms with Crippen LogP contribution in [0, 0.1) is 0 Å². The molecule has 18 heavy (non-hydrogen) atoms. The predicted octanol–water partition coefficient (Wildman–Crippen LogP) is 2.10. The van der Waals surface area contributed by atoms with Gasteiger partial charge in [0, 0.05) is 18.5 Å². The van der Waals surface area contributed by atoms with E-state index >= 15 is 0 Å². The Morgan fingerprint density at radius 2 is 1.89 bits per heavy atom. The molecule has 2 N–H and O–H groups in total. The highest BCUT2D eigenvalue weighted by Crippen LogP contribution is 2.32.